The molecule has 1 heterocycles. The lowest BCUT2D eigenvalue weighted by molar-refractivity contribution is 0.962. The van der Waals surface area contributed by atoms with Crippen molar-refractivity contribution >= 4 is 21.7 Å². The van der Waals surface area contributed by atoms with Gasteiger partial charge in [0.1, 0.15) is 5.82 Å². The molecule has 0 saturated carbocycles. The second kappa shape index (κ2) is 5.17. The Bertz CT molecular complexity index is 276. The molecule has 0 spiro atoms. The highest BCUT2D eigenvalue weighted by molar-refractivity contribution is 9.09. The Morgan fingerprint density at radius 2 is 2.23 bits per heavy atom. The summed E-state index contributed by atoms with van der Waals surface area (Å²) in [5, 5.41) is 4.26. The maximum atomic E-state index is 4.36. The van der Waals surface area contributed by atoms with Gasteiger partial charge in [0.25, 0.3) is 0 Å². The first-order valence-corrected chi connectivity index (χ1v) is 5.46. The van der Waals surface area contributed by atoms with E-state index < -0.39 is 0 Å². The van der Waals surface area contributed by atoms with E-state index >= 15 is 0 Å². The zero-order valence-electron chi connectivity index (χ0n) is 7.97. The molecule has 13 heavy (non-hydrogen) atoms. The summed E-state index contributed by atoms with van der Waals surface area (Å²) in [4.78, 5) is 8.58. The molecular weight excluding hydrogens is 230 g/mol. The van der Waals surface area contributed by atoms with Crippen LogP contribution in [0.1, 0.15) is 17.8 Å². The van der Waals surface area contributed by atoms with Crippen LogP contribution in [0, 0.1) is 13.8 Å². The van der Waals surface area contributed by atoms with Crippen LogP contribution in [0.3, 0.4) is 0 Å². The highest BCUT2D eigenvalue weighted by atomic mass is 79.9. The molecule has 1 aromatic rings. The molecule has 3 nitrogen and oxygen atoms in total. The van der Waals surface area contributed by atoms with E-state index in [2.05, 4.69) is 31.2 Å². The van der Waals surface area contributed by atoms with E-state index in [-0.39, 0.29) is 0 Å². The van der Waals surface area contributed by atoms with Gasteiger partial charge in [-0.3, -0.25) is 4.98 Å². The van der Waals surface area contributed by atoms with Crippen molar-refractivity contribution in [3.63, 3.8) is 0 Å². The fourth-order valence-electron chi connectivity index (χ4n) is 0.979. The van der Waals surface area contributed by atoms with Gasteiger partial charge in [-0.1, -0.05) is 15.9 Å². The largest absolute Gasteiger partial charge is 0.369 e. The SMILES string of the molecule is Cc1cnc(C)c(NCCCBr)n1. The Labute approximate surface area is 87.1 Å². The van der Waals surface area contributed by atoms with Crippen molar-refractivity contribution in [2.24, 2.45) is 0 Å². The van der Waals surface area contributed by atoms with Crippen LogP contribution in [0.2, 0.25) is 0 Å². The summed E-state index contributed by atoms with van der Waals surface area (Å²) in [5.41, 5.74) is 1.91. The maximum Gasteiger partial charge on any atom is 0.147 e. The topological polar surface area (TPSA) is 37.8 Å². The fourth-order valence-corrected chi connectivity index (χ4v) is 1.26. The molecule has 0 bridgehead atoms. The zero-order valence-corrected chi connectivity index (χ0v) is 9.56. The Balaban J connectivity index is 2.59. The molecule has 0 amide bonds. The molecule has 72 valence electrons. The number of alkyl halides is 1. The second-order valence-corrected chi connectivity index (χ2v) is 3.71. The minimum Gasteiger partial charge on any atom is -0.369 e. The number of halogens is 1. The highest BCUT2D eigenvalue weighted by Gasteiger charge is 1.99. The third kappa shape index (κ3) is 3.30. The van der Waals surface area contributed by atoms with Crippen molar-refractivity contribution < 1.29 is 0 Å². The summed E-state index contributed by atoms with van der Waals surface area (Å²) in [6.45, 7) is 4.84. The zero-order chi connectivity index (χ0) is 9.68. The number of hydrogen-bond donors (Lipinski definition) is 1. The minimum absolute atomic E-state index is 0.904. The maximum absolute atomic E-state index is 4.36. The minimum atomic E-state index is 0.904. The fraction of sp³-hybridized carbons (Fsp3) is 0.556. The standard InChI is InChI=1S/C9H14BrN3/c1-7-6-12-8(2)9(13-7)11-5-3-4-10/h6H,3-5H2,1-2H3,(H,11,13). The molecular formula is C9H14BrN3. The molecule has 4 heteroatoms. The Kier molecular flexibility index (Phi) is 4.15. The highest BCUT2D eigenvalue weighted by Crippen LogP contribution is 2.08. The summed E-state index contributed by atoms with van der Waals surface area (Å²) >= 11 is 3.38. The molecule has 0 aliphatic rings. The normalized spacial score (nSPS) is 10.1. The third-order valence-electron chi connectivity index (χ3n) is 1.68. The predicted molar refractivity (Wildman–Crippen MR) is 58.4 cm³/mol. The van der Waals surface area contributed by atoms with Gasteiger partial charge in [0.15, 0.2) is 0 Å². The van der Waals surface area contributed by atoms with Crippen LogP contribution in [0.5, 0.6) is 0 Å². The molecule has 0 saturated heterocycles. The number of nitrogens with one attached hydrogen (secondary N) is 1. The molecule has 1 rings (SSSR count). The second-order valence-electron chi connectivity index (χ2n) is 2.91. The lowest BCUT2D eigenvalue weighted by Crippen LogP contribution is -2.07. The van der Waals surface area contributed by atoms with Crippen molar-refractivity contribution in [1.82, 2.24) is 9.97 Å². The van der Waals surface area contributed by atoms with Crippen molar-refractivity contribution in [3.8, 4) is 0 Å². The third-order valence-corrected chi connectivity index (χ3v) is 2.24. The van der Waals surface area contributed by atoms with E-state index in [0.29, 0.717) is 0 Å². The molecule has 1 N–H and O–H groups in total. The summed E-state index contributed by atoms with van der Waals surface area (Å²) in [5.74, 6) is 0.904. The lowest BCUT2D eigenvalue weighted by atomic mass is 10.4. The summed E-state index contributed by atoms with van der Waals surface area (Å²) < 4.78 is 0. The molecule has 0 fully saturated rings. The van der Waals surface area contributed by atoms with Crippen LogP contribution in [-0.4, -0.2) is 21.8 Å². The summed E-state index contributed by atoms with van der Waals surface area (Å²) in [6, 6.07) is 0. The smallest absolute Gasteiger partial charge is 0.147 e. The molecule has 0 radical (unpaired) electrons. The van der Waals surface area contributed by atoms with E-state index in [1.807, 2.05) is 13.8 Å². The van der Waals surface area contributed by atoms with Crippen molar-refractivity contribution in [2.75, 3.05) is 17.2 Å². The molecule has 0 aliphatic carbocycles. The Morgan fingerprint density at radius 3 is 2.92 bits per heavy atom. The number of anilines is 1. The molecule has 0 aromatic carbocycles. The molecule has 0 unspecified atom stereocenters. The number of nitrogens with zero attached hydrogens (tertiary/aromatic N) is 2. The van der Waals surface area contributed by atoms with Gasteiger partial charge in [0, 0.05) is 18.1 Å². The van der Waals surface area contributed by atoms with Crippen molar-refractivity contribution in [2.45, 2.75) is 20.3 Å². The van der Waals surface area contributed by atoms with Crippen molar-refractivity contribution in [3.05, 3.63) is 17.6 Å². The number of hydrogen-bond acceptors (Lipinski definition) is 3. The Morgan fingerprint density at radius 1 is 1.46 bits per heavy atom. The van der Waals surface area contributed by atoms with E-state index in [1.54, 1.807) is 6.20 Å². The number of aryl methyl sites for hydroxylation is 2. The monoisotopic (exact) mass is 243 g/mol. The van der Waals surface area contributed by atoms with Crippen LogP contribution in [0.4, 0.5) is 5.82 Å². The number of rotatable bonds is 4. The van der Waals surface area contributed by atoms with Crippen LogP contribution >= 0.6 is 15.9 Å². The molecule has 0 atom stereocenters. The number of aromatic nitrogens is 2. The summed E-state index contributed by atoms with van der Waals surface area (Å²) in [6.07, 6.45) is 2.88. The van der Waals surface area contributed by atoms with Gasteiger partial charge in [0.05, 0.1) is 11.4 Å². The lowest BCUT2D eigenvalue weighted by Gasteiger charge is -2.06. The van der Waals surface area contributed by atoms with E-state index in [9.17, 15) is 0 Å². The van der Waals surface area contributed by atoms with Gasteiger partial charge in [-0.15, -0.1) is 0 Å². The predicted octanol–water partition coefficient (Wildman–Crippen LogP) is 2.29. The van der Waals surface area contributed by atoms with Crippen LogP contribution in [-0.2, 0) is 0 Å². The first-order valence-electron chi connectivity index (χ1n) is 4.34. The van der Waals surface area contributed by atoms with Gasteiger partial charge < -0.3 is 5.32 Å². The molecule has 1 aromatic heterocycles. The van der Waals surface area contributed by atoms with Crippen LogP contribution in [0.15, 0.2) is 6.20 Å². The van der Waals surface area contributed by atoms with Gasteiger partial charge >= 0.3 is 0 Å². The van der Waals surface area contributed by atoms with Gasteiger partial charge in [-0.2, -0.15) is 0 Å². The van der Waals surface area contributed by atoms with Crippen LogP contribution in [0.25, 0.3) is 0 Å². The average Bonchev–Trinajstić information content (AvgIpc) is 2.11. The van der Waals surface area contributed by atoms with E-state index in [4.69, 9.17) is 0 Å². The Hall–Kier alpha value is -0.640. The van der Waals surface area contributed by atoms with E-state index in [0.717, 1.165) is 35.5 Å². The van der Waals surface area contributed by atoms with Gasteiger partial charge in [-0.25, -0.2) is 4.98 Å². The van der Waals surface area contributed by atoms with Crippen LogP contribution < -0.4 is 5.32 Å². The van der Waals surface area contributed by atoms with Crippen molar-refractivity contribution in [1.29, 1.82) is 0 Å². The first-order chi connectivity index (χ1) is 6.24. The molecule has 0 aliphatic heterocycles. The average molecular weight is 244 g/mol. The van der Waals surface area contributed by atoms with Gasteiger partial charge in [0.2, 0.25) is 0 Å². The summed E-state index contributed by atoms with van der Waals surface area (Å²) in [7, 11) is 0. The first kappa shape index (κ1) is 10.4. The van der Waals surface area contributed by atoms with E-state index in [1.165, 1.54) is 0 Å². The quantitative estimate of drug-likeness (QED) is 0.652. The van der Waals surface area contributed by atoms with Gasteiger partial charge in [-0.05, 0) is 20.3 Å².